The van der Waals surface area contributed by atoms with Gasteiger partial charge in [-0.1, -0.05) is 23.2 Å². The van der Waals surface area contributed by atoms with Gasteiger partial charge in [0.15, 0.2) is 0 Å². The highest BCUT2D eigenvalue weighted by molar-refractivity contribution is 7.99. The van der Waals surface area contributed by atoms with E-state index in [1.165, 1.54) is 30.0 Å². The summed E-state index contributed by atoms with van der Waals surface area (Å²) in [6, 6.07) is 3.20. The summed E-state index contributed by atoms with van der Waals surface area (Å²) in [5, 5.41) is 12.0. The highest BCUT2D eigenvalue weighted by atomic mass is 35.5. The molecule has 1 aromatic carbocycles. The van der Waals surface area contributed by atoms with E-state index in [4.69, 9.17) is 34.0 Å². The Morgan fingerprint density at radius 2 is 2.00 bits per heavy atom. The predicted octanol–water partition coefficient (Wildman–Crippen LogP) is 1.78. The minimum atomic E-state index is -1.18. The van der Waals surface area contributed by atoms with Crippen LogP contribution in [-0.2, 0) is 9.59 Å². The van der Waals surface area contributed by atoms with Crippen LogP contribution in [0.1, 0.15) is 16.8 Å². The van der Waals surface area contributed by atoms with Crippen molar-refractivity contribution < 1.29 is 19.5 Å². The summed E-state index contributed by atoms with van der Waals surface area (Å²) >= 11 is 12.8. The molecule has 0 bridgehead atoms. The van der Waals surface area contributed by atoms with Gasteiger partial charge in [-0.05, 0) is 18.2 Å². The smallest absolute Gasteiger partial charge is 0.327 e. The van der Waals surface area contributed by atoms with Gasteiger partial charge in [0, 0.05) is 22.9 Å². The van der Waals surface area contributed by atoms with Crippen LogP contribution in [-0.4, -0.2) is 40.4 Å². The van der Waals surface area contributed by atoms with Gasteiger partial charge in [-0.15, -0.1) is 0 Å². The second kappa shape index (κ2) is 8.87. The molecule has 1 rings (SSSR count). The highest BCUT2D eigenvalue weighted by Crippen LogP contribution is 2.21. The molecule has 1 aromatic rings. The molecule has 9 heteroatoms. The Hall–Kier alpha value is -1.44. The van der Waals surface area contributed by atoms with Crippen molar-refractivity contribution in [2.45, 2.75) is 12.5 Å². The molecule has 1 unspecified atom stereocenters. The van der Waals surface area contributed by atoms with Crippen molar-refractivity contribution in [3.8, 4) is 0 Å². The number of carboxylic acid groups (broad SMARTS) is 1. The van der Waals surface area contributed by atoms with E-state index in [-0.39, 0.29) is 22.8 Å². The lowest BCUT2D eigenvalue weighted by Gasteiger charge is -2.14. The van der Waals surface area contributed by atoms with Gasteiger partial charge in [0.25, 0.3) is 5.91 Å². The zero-order valence-corrected chi connectivity index (χ0v) is 13.7. The van der Waals surface area contributed by atoms with Gasteiger partial charge < -0.3 is 16.2 Å². The van der Waals surface area contributed by atoms with E-state index < -0.39 is 23.8 Å². The molecule has 0 heterocycles. The maximum Gasteiger partial charge on any atom is 0.327 e. The van der Waals surface area contributed by atoms with Gasteiger partial charge in [-0.25, -0.2) is 4.79 Å². The zero-order chi connectivity index (χ0) is 16.7. The van der Waals surface area contributed by atoms with E-state index in [2.05, 4.69) is 5.32 Å². The van der Waals surface area contributed by atoms with Crippen molar-refractivity contribution in [3.63, 3.8) is 0 Å². The lowest BCUT2D eigenvalue weighted by Crippen LogP contribution is -2.42. The third kappa shape index (κ3) is 6.13. The van der Waals surface area contributed by atoms with Crippen LogP contribution in [0.2, 0.25) is 10.0 Å². The summed E-state index contributed by atoms with van der Waals surface area (Å²) < 4.78 is 0. The van der Waals surface area contributed by atoms with E-state index in [0.717, 1.165) is 0 Å². The number of nitrogens with one attached hydrogen (secondary N) is 1. The molecule has 0 fully saturated rings. The first kappa shape index (κ1) is 18.6. The lowest BCUT2D eigenvalue weighted by atomic mass is 10.2. The van der Waals surface area contributed by atoms with Crippen molar-refractivity contribution in [1.29, 1.82) is 0 Å². The van der Waals surface area contributed by atoms with Crippen LogP contribution in [0.3, 0.4) is 0 Å². The average Bonchev–Trinajstić information content (AvgIpc) is 2.41. The number of halogens is 2. The topological polar surface area (TPSA) is 109 Å². The van der Waals surface area contributed by atoms with E-state index in [0.29, 0.717) is 10.8 Å². The molecule has 0 radical (unpaired) electrons. The molecule has 0 aliphatic rings. The highest BCUT2D eigenvalue weighted by Gasteiger charge is 2.22. The largest absolute Gasteiger partial charge is 0.480 e. The third-order valence-electron chi connectivity index (χ3n) is 2.56. The van der Waals surface area contributed by atoms with E-state index >= 15 is 0 Å². The minimum absolute atomic E-state index is 0.111. The summed E-state index contributed by atoms with van der Waals surface area (Å²) in [7, 11) is 0. The fourth-order valence-corrected chi connectivity index (χ4v) is 2.93. The number of hydrogen-bond acceptors (Lipinski definition) is 4. The summed E-state index contributed by atoms with van der Waals surface area (Å²) in [6.07, 6.45) is 0.147. The summed E-state index contributed by atoms with van der Waals surface area (Å²) in [5.41, 5.74) is 5.13. The first-order chi connectivity index (χ1) is 10.3. The standard InChI is InChI=1S/C13H14Cl2N2O4S/c14-7-1-2-8(9(15)5-7)12(19)17-10(13(20)21)6-22-4-3-11(16)18/h1-2,5,10H,3-4,6H2,(H2,16,18)(H,17,19)(H,20,21). The first-order valence-electron chi connectivity index (χ1n) is 6.16. The predicted molar refractivity (Wildman–Crippen MR) is 86.5 cm³/mol. The quantitative estimate of drug-likeness (QED) is 0.609. The van der Waals surface area contributed by atoms with E-state index in [1.54, 1.807) is 0 Å². The number of carbonyl (C=O) groups is 3. The Morgan fingerprint density at radius 1 is 1.32 bits per heavy atom. The fourth-order valence-electron chi connectivity index (χ4n) is 1.46. The van der Waals surface area contributed by atoms with Gasteiger partial charge >= 0.3 is 5.97 Å². The van der Waals surface area contributed by atoms with Gasteiger partial charge in [0.05, 0.1) is 10.6 Å². The van der Waals surface area contributed by atoms with Gasteiger partial charge in [0.1, 0.15) is 6.04 Å². The molecule has 1 atom stereocenters. The monoisotopic (exact) mass is 364 g/mol. The van der Waals surface area contributed by atoms with Crippen LogP contribution in [0.4, 0.5) is 0 Å². The van der Waals surface area contributed by atoms with Crippen LogP contribution >= 0.6 is 35.0 Å². The number of thioether (sulfide) groups is 1. The molecule has 120 valence electrons. The van der Waals surface area contributed by atoms with Crippen LogP contribution in [0.25, 0.3) is 0 Å². The van der Waals surface area contributed by atoms with E-state index in [1.807, 2.05) is 0 Å². The maximum atomic E-state index is 12.0. The summed E-state index contributed by atoms with van der Waals surface area (Å²) in [4.78, 5) is 33.8. The zero-order valence-electron chi connectivity index (χ0n) is 11.3. The van der Waals surface area contributed by atoms with Crippen molar-refractivity contribution in [2.24, 2.45) is 5.73 Å². The molecular formula is C13H14Cl2N2O4S. The van der Waals surface area contributed by atoms with Crippen molar-refractivity contribution in [2.75, 3.05) is 11.5 Å². The van der Waals surface area contributed by atoms with Crippen LogP contribution in [0.15, 0.2) is 18.2 Å². The molecule has 0 saturated carbocycles. The summed E-state index contributed by atoms with van der Waals surface area (Å²) in [6.45, 7) is 0. The molecule has 4 N–H and O–H groups in total. The Kier molecular flexibility index (Phi) is 7.50. The van der Waals surface area contributed by atoms with Crippen molar-refractivity contribution in [1.82, 2.24) is 5.32 Å². The van der Waals surface area contributed by atoms with Crippen LogP contribution in [0.5, 0.6) is 0 Å². The third-order valence-corrected chi connectivity index (χ3v) is 4.17. The minimum Gasteiger partial charge on any atom is -0.480 e. The lowest BCUT2D eigenvalue weighted by molar-refractivity contribution is -0.138. The molecule has 0 saturated heterocycles. The normalized spacial score (nSPS) is 11.7. The van der Waals surface area contributed by atoms with Gasteiger partial charge in [-0.3, -0.25) is 9.59 Å². The number of benzene rings is 1. The van der Waals surface area contributed by atoms with Crippen molar-refractivity contribution >= 4 is 52.7 Å². The molecule has 0 spiro atoms. The molecule has 22 heavy (non-hydrogen) atoms. The second-order valence-electron chi connectivity index (χ2n) is 4.28. The van der Waals surface area contributed by atoms with Crippen molar-refractivity contribution in [3.05, 3.63) is 33.8 Å². The number of carbonyl (C=O) groups excluding carboxylic acids is 2. The fraction of sp³-hybridized carbons (Fsp3) is 0.308. The molecule has 0 aromatic heterocycles. The Balaban J connectivity index is 2.64. The number of rotatable bonds is 8. The van der Waals surface area contributed by atoms with Gasteiger partial charge in [-0.2, -0.15) is 11.8 Å². The number of amides is 2. The Bertz CT molecular complexity index is 583. The molecule has 6 nitrogen and oxygen atoms in total. The maximum absolute atomic E-state index is 12.0. The van der Waals surface area contributed by atoms with Crippen LogP contribution < -0.4 is 11.1 Å². The number of primary amides is 1. The molecular weight excluding hydrogens is 351 g/mol. The number of carboxylic acids is 1. The number of nitrogens with two attached hydrogens (primary N) is 1. The number of hydrogen-bond donors (Lipinski definition) is 3. The van der Waals surface area contributed by atoms with E-state index in [9.17, 15) is 14.4 Å². The molecule has 2 amide bonds. The molecule has 0 aliphatic heterocycles. The Morgan fingerprint density at radius 3 is 2.55 bits per heavy atom. The average molecular weight is 365 g/mol. The number of aliphatic carboxylic acids is 1. The SMILES string of the molecule is NC(=O)CCSCC(NC(=O)c1ccc(Cl)cc1Cl)C(=O)O. The summed E-state index contributed by atoms with van der Waals surface area (Å²) in [5.74, 6) is -1.75. The Labute approximate surface area is 141 Å². The van der Waals surface area contributed by atoms with Gasteiger partial charge in [0.2, 0.25) is 5.91 Å². The first-order valence-corrected chi connectivity index (χ1v) is 8.07. The second-order valence-corrected chi connectivity index (χ2v) is 6.27. The van der Waals surface area contributed by atoms with Crippen LogP contribution in [0, 0.1) is 0 Å². The molecule has 0 aliphatic carbocycles.